The SMILES string of the molecule is O=C(Nc1cnccc1Nc1ccccc1)C1CCS(=O)(=O)CC1. The minimum absolute atomic E-state index is 0.0766. The molecule has 0 atom stereocenters. The maximum atomic E-state index is 12.4. The molecule has 0 radical (unpaired) electrons. The van der Waals surface area contributed by atoms with Crippen molar-refractivity contribution < 1.29 is 13.2 Å². The molecular weight excluding hydrogens is 326 g/mol. The average molecular weight is 345 g/mol. The summed E-state index contributed by atoms with van der Waals surface area (Å²) in [7, 11) is -2.98. The fourth-order valence-corrected chi connectivity index (χ4v) is 4.16. The van der Waals surface area contributed by atoms with Gasteiger partial charge in [0.05, 0.1) is 29.1 Å². The van der Waals surface area contributed by atoms with Crippen LogP contribution in [0.4, 0.5) is 17.1 Å². The molecule has 1 aliphatic rings. The number of sulfone groups is 1. The number of carbonyl (C=O) groups excluding carboxylic acids is 1. The van der Waals surface area contributed by atoms with Crippen molar-refractivity contribution in [1.29, 1.82) is 0 Å². The molecule has 0 spiro atoms. The smallest absolute Gasteiger partial charge is 0.227 e. The fourth-order valence-electron chi connectivity index (χ4n) is 2.67. The minimum Gasteiger partial charge on any atom is -0.354 e. The highest BCUT2D eigenvalue weighted by Gasteiger charge is 2.28. The molecule has 3 rings (SSSR count). The van der Waals surface area contributed by atoms with Crippen LogP contribution in [0.25, 0.3) is 0 Å². The van der Waals surface area contributed by atoms with Crippen LogP contribution < -0.4 is 10.6 Å². The van der Waals surface area contributed by atoms with E-state index < -0.39 is 9.84 Å². The summed E-state index contributed by atoms with van der Waals surface area (Å²) in [5, 5.41) is 6.11. The van der Waals surface area contributed by atoms with Gasteiger partial charge in [-0.3, -0.25) is 9.78 Å². The molecular formula is C17H19N3O3S. The largest absolute Gasteiger partial charge is 0.354 e. The third kappa shape index (κ3) is 4.11. The summed E-state index contributed by atoms with van der Waals surface area (Å²) < 4.78 is 23.0. The van der Waals surface area contributed by atoms with Crippen LogP contribution in [0.1, 0.15) is 12.8 Å². The zero-order chi connectivity index (χ0) is 17.0. The summed E-state index contributed by atoms with van der Waals surface area (Å²) >= 11 is 0. The molecule has 1 aromatic carbocycles. The number of anilines is 3. The lowest BCUT2D eigenvalue weighted by Crippen LogP contribution is -2.32. The molecule has 126 valence electrons. The quantitative estimate of drug-likeness (QED) is 0.889. The molecule has 0 bridgehead atoms. The van der Waals surface area contributed by atoms with E-state index >= 15 is 0 Å². The Kier molecular flexibility index (Phi) is 4.80. The van der Waals surface area contributed by atoms with Gasteiger partial charge in [0.25, 0.3) is 0 Å². The van der Waals surface area contributed by atoms with E-state index in [1.54, 1.807) is 18.5 Å². The molecule has 2 N–H and O–H groups in total. The average Bonchev–Trinajstić information content (AvgIpc) is 2.57. The molecule has 0 aliphatic carbocycles. The van der Waals surface area contributed by atoms with Gasteiger partial charge in [0.1, 0.15) is 9.84 Å². The Morgan fingerprint density at radius 1 is 1.04 bits per heavy atom. The van der Waals surface area contributed by atoms with Gasteiger partial charge >= 0.3 is 0 Å². The van der Waals surface area contributed by atoms with Crippen LogP contribution in [-0.2, 0) is 14.6 Å². The van der Waals surface area contributed by atoms with Crippen molar-refractivity contribution in [1.82, 2.24) is 4.98 Å². The number of aromatic nitrogens is 1. The highest BCUT2D eigenvalue weighted by molar-refractivity contribution is 7.91. The summed E-state index contributed by atoms with van der Waals surface area (Å²) in [5.74, 6) is -0.284. The predicted octanol–water partition coefficient (Wildman–Crippen LogP) is 2.59. The van der Waals surface area contributed by atoms with Crippen LogP contribution in [0, 0.1) is 5.92 Å². The molecule has 0 unspecified atom stereocenters. The Hall–Kier alpha value is -2.41. The van der Waals surface area contributed by atoms with Gasteiger partial charge in [0.15, 0.2) is 0 Å². The second-order valence-corrected chi connectivity index (χ2v) is 8.13. The van der Waals surface area contributed by atoms with Gasteiger partial charge in [-0.2, -0.15) is 0 Å². The van der Waals surface area contributed by atoms with Crippen LogP contribution in [0.5, 0.6) is 0 Å². The number of nitrogens with zero attached hydrogens (tertiary/aromatic N) is 1. The lowest BCUT2D eigenvalue weighted by atomic mass is 10.0. The van der Waals surface area contributed by atoms with Crippen LogP contribution >= 0.6 is 0 Å². The second-order valence-electron chi connectivity index (χ2n) is 5.83. The number of amides is 1. The van der Waals surface area contributed by atoms with Crippen LogP contribution in [-0.4, -0.2) is 30.8 Å². The predicted molar refractivity (Wildman–Crippen MR) is 94.0 cm³/mol. The first-order valence-electron chi connectivity index (χ1n) is 7.81. The molecule has 7 heteroatoms. The first-order valence-corrected chi connectivity index (χ1v) is 9.63. The van der Waals surface area contributed by atoms with Crippen molar-refractivity contribution in [2.45, 2.75) is 12.8 Å². The molecule has 0 saturated carbocycles. The Bertz CT molecular complexity index is 808. The third-order valence-corrected chi connectivity index (χ3v) is 5.77. The number of hydrogen-bond acceptors (Lipinski definition) is 5. The van der Waals surface area contributed by atoms with E-state index in [-0.39, 0.29) is 23.3 Å². The Labute approximate surface area is 141 Å². The molecule has 1 saturated heterocycles. The number of nitrogens with one attached hydrogen (secondary N) is 2. The Morgan fingerprint density at radius 2 is 1.75 bits per heavy atom. The summed E-state index contributed by atoms with van der Waals surface area (Å²) in [5.41, 5.74) is 2.23. The molecule has 1 amide bonds. The first kappa shape index (κ1) is 16.4. The highest BCUT2D eigenvalue weighted by atomic mass is 32.2. The standard InChI is InChI=1S/C17H19N3O3S/c21-17(13-7-10-24(22,23)11-8-13)20-16-12-18-9-6-15(16)19-14-4-2-1-3-5-14/h1-6,9,12-13H,7-8,10-11H2,(H,18,19)(H,20,21). The van der Waals surface area contributed by atoms with E-state index in [1.807, 2.05) is 30.3 Å². The van der Waals surface area contributed by atoms with Crippen molar-refractivity contribution >= 4 is 32.8 Å². The number of carbonyl (C=O) groups is 1. The molecule has 2 aromatic rings. The maximum absolute atomic E-state index is 12.4. The first-order chi connectivity index (χ1) is 11.5. The van der Waals surface area contributed by atoms with Crippen molar-refractivity contribution in [3.63, 3.8) is 0 Å². The normalized spacial score (nSPS) is 17.2. The number of para-hydroxylation sites is 1. The lowest BCUT2D eigenvalue weighted by Gasteiger charge is -2.22. The van der Waals surface area contributed by atoms with Gasteiger partial charge in [-0.1, -0.05) is 18.2 Å². The summed E-state index contributed by atoms with van der Waals surface area (Å²) in [6.07, 6.45) is 3.97. The molecule has 6 nitrogen and oxygen atoms in total. The van der Waals surface area contributed by atoms with Gasteiger partial charge in [-0.05, 0) is 31.0 Å². The Morgan fingerprint density at radius 3 is 2.46 bits per heavy atom. The van der Waals surface area contributed by atoms with E-state index in [9.17, 15) is 13.2 Å². The topological polar surface area (TPSA) is 88.2 Å². The van der Waals surface area contributed by atoms with E-state index in [0.29, 0.717) is 18.5 Å². The zero-order valence-corrected chi connectivity index (χ0v) is 13.9. The lowest BCUT2D eigenvalue weighted by molar-refractivity contribution is -0.120. The van der Waals surface area contributed by atoms with E-state index in [0.717, 1.165) is 11.4 Å². The van der Waals surface area contributed by atoms with Crippen molar-refractivity contribution in [2.75, 3.05) is 22.1 Å². The fraction of sp³-hybridized carbons (Fsp3) is 0.294. The van der Waals surface area contributed by atoms with Crippen LogP contribution in [0.3, 0.4) is 0 Å². The van der Waals surface area contributed by atoms with Gasteiger partial charge in [0, 0.05) is 17.8 Å². The summed E-state index contributed by atoms with van der Waals surface area (Å²) in [6.45, 7) is 0. The minimum atomic E-state index is -2.98. The molecule has 1 fully saturated rings. The zero-order valence-electron chi connectivity index (χ0n) is 13.1. The van der Waals surface area contributed by atoms with Gasteiger partial charge in [0.2, 0.25) is 5.91 Å². The highest BCUT2D eigenvalue weighted by Crippen LogP contribution is 2.26. The van der Waals surface area contributed by atoms with Crippen molar-refractivity contribution in [2.24, 2.45) is 5.92 Å². The second kappa shape index (κ2) is 7.00. The Balaban J connectivity index is 1.70. The molecule has 2 heterocycles. The summed E-state index contributed by atoms with van der Waals surface area (Å²) in [6, 6.07) is 11.4. The summed E-state index contributed by atoms with van der Waals surface area (Å²) in [4.78, 5) is 16.5. The van der Waals surface area contributed by atoms with E-state index in [2.05, 4.69) is 15.6 Å². The van der Waals surface area contributed by atoms with Gasteiger partial charge < -0.3 is 10.6 Å². The van der Waals surface area contributed by atoms with E-state index in [4.69, 9.17) is 0 Å². The molecule has 1 aliphatic heterocycles. The monoisotopic (exact) mass is 345 g/mol. The third-order valence-electron chi connectivity index (χ3n) is 4.06. The number of benzene rings is 1. The van der Waals surface area contributed by atoms with E-state index in [1.165, 1.54) is 0 Å². The molecule has 24 heavy (non-hydrogen) atoms. The molecule has 1 aromatic heterocycles. The number of rotatable bonds is 4. The number of pyridine rings is 1. The van der Waals surface area contributed by atoms with Crippen LogP contribution in [0.2, 0.25) is 0 Å². The number of hydrogen-bond donors (Lipinski definition) is 2. The van der Waals surface area contributed by atoms with Crippen molar-refractivity contribution in [3.05, 3.63) is 48.8 Å². The van der Waals surface area contributed by atoms with Crippen molar-refractivity contribution in [3.8, 4) is 0 Å². The van der Waals surface area contributed by atoms with Crippen LogP contribution in [0.15, 0.2) is 48.8 Å². The maximum Gasteiger partial charge on any atom is 0.227 e. The van der Waals surface area contributed by atoms with Gasteiger partial charge in [-0.25, -0.2) is 8.42 Å². The van der Waals surface area contributed by atoms with Gasteiger partial charge in [-0.15, -0.1) is 0 Å².